The van der Waals surface area contributed by atoms with Crippen LogP contribution < -0.4 is 10.6 Å². The average Bonchev–Trinajstić information content (AvgIpc) is 2.39. The number of hydrogen-bond donors (Lipinski definition) is 2. The minimum absolute atomic E-state index is 0.0129. The zero-order valence-electron chi connectivity index (χ0n) is 10.9. The molecule has 1 aromatic rings. The number of anilines is 1. The molecule has 1 heterocycles. The Kier molecular flexibility index (Phi) is 4.70. The lowest BCUT2D eigenvalue weighted by atomic mass is 9.86. The molecule has 1 fully saturated rings. The molecule has 2 rings (SSSR count). The van der Waals surface area contributed by atoms with Crippen molar-refractivity contribution in [3.63, 3.8) is 0 Å². The number of rotatable bonds is 4. The molecule has 18 heavy (non-hydrogen) atoms. The fourth-order valence-electron chi connectivity index (χ4n) is 2.48. The van der Waals surface area contributed by atoms with Gasteiger partial charge in [-0.3, -0.25) is 9.78 Å². The van der Waals surface area contributed by atoms with Crippen molar-refractivity contribution in [2.75, 3.05) is 11.9 Å². The first-order valence-corrected chi connectivity index (χ1v) is 6.69. The van der Waals surface area contributed by atoms with E-state index in [0.717, 1.165) is 5.69 Å². The molecule has 0 bridgehead atoms. The van der Waals surface area contributed by atoms with E-state index < -0.39 is 0 Å². The Labute approximate surface area is 108 Å². The maximum atomic E-state index is 11.8. The number of nitrogens with zero attached hydrogens (tertiary/aromatic N) is 1. The molecule has 1 saturated carbocycles. The van der Waals surface area contributed by atoms with Gasteiger partial charge in [-0.1, -0.05) is 19.8 Å². The number of pyridine rings is 1. The van der Waals surface area contributed by atoms with Crippen molar-refractivity contribution in [2.24, 2.45) is 5.92 Å². The van der Waals surface area contributed by atoms with Gasteiger partial charge in [0.1, 0.15) is 0 Å². The highest BCUT2D eigenvalue weighted by molar-refractivity contribution is 5.92. The topological polar surface area (TPSA) is 54.0 Å². The van der Waals surface area contributed by atoms with E-state index in [0.29, 0.717) is 18.5 Å². The van der Waals surface area contributed by atoms with Crippen molar-refractivity contribution in [2.45, 2.75) is 38.6 Å². The van der Waals surface area contributed by atoms with Gasteiger partial charge in [-0.05, 0) is 30.9 Å². The van der Waals surface area contributed by atoms with Crippen LogP contribution in [0, 0.1) is 5.92 Å². The van der Waals surface area contributed by atoms with Crippen molar-refractivity contribution in [3.05, 3.63) is 24.5 Å². The predicted molar refractivity (Wildman–Crippen MR) is 72.3 cm³/mol. The van der Waals surface area contributed by atoms with E-state index in [1.54, 1.807) is 24.5 Å². The standard InChI is InChI=1S/C14H21N3O/c1-11-4-2-3-5-13(11)16-10-14(18)17-12-6-8-15-9-7-12/h6-9,11,13,16H,2-5,10H2,1H3,(H,15,17,18). The Balaban J connectivity index is 1.74. The van der Waals surface area contributed by atoms with Crippen molar-refractivity contribution in [3.8, 4) is 0 Å². The lowest BCUT2D eigenvalue weighted by Crippen LogP contribution is -2.41. The van der Waals surface area contributed by atoms with Gasteiger partial charge in [0, 0.05) is 24.1 Å². The third kappa shape index (κ3) is 3.81. The number of nitrogens with one attached hydrogen (secondary N) is 2. The quantitative estimate of drug-likeness (QED) is 0.857. The monoisotopic (exact) mass is 247 g/mol. The Bertz CT molecular complexity index is 380. The second-order valence-corrected chi connectivity index (χ2v) is 5.03. The number of carbonyl (C=O) groups excluding carboxylic acids is 1. The van der Waals surface area contributed by atoms with Gasteiger partial charge in [-0.25, -0.2) is 0 Å². The number of carbonyl (C=O) groups is 1. The zero-order valence-corrected chi connectivity index (χ0v) is 10.9. The van der Waals surface area contributed by atoms with E-state index in [2.05, 4.69) is 22.5 Å². The zero-order chi connectivity index (χ0) is 12.8. The van der Waals surface area contributed by atoms with Crippen molar-refractivity contribution in [1.29, 1.82) is 0 Å². The highest BCUT2D eigenvalue weighted by Crippen LogP contribution is 2.23. The fraction of sp³-hybridized carbons (Fsp3) is 0.571. The highest BCUT2D eigenvalue weighted by atomic mass is 16.1. The summed E-state index contributed by atoms with van der Waals surface area (Å²) in [4.78, 5) is 15.7. The Hall–Kier alpha value is -1.42. The van der Waals surface area contributed by atoms with Crippen LogP contribution in [-0.2, 0) is 4.79 Å². The van der Waals surface area contributed by atoms with Crippen LogP contribution in [0.3, 0.4) is 0 Å². The number of hydrogen-bond acceptors (Lipinski definition) is 3. The SMILES string of the molecule is CC1CCCCC1NCC(=O)Nc1ccncc1. The van der Waals surface area contributed by atoms with Crippen LogP contribution in [0.25, 0.3) is 0 Å². The lowest BCUT2D eigenvalue weighted by molar-refractivity contribution is -0.115. The summed E-state index contributed by atoms with van der Waals surface area (Å²) in [5.41, 5.74) is 0.800. The smallest absolute Gasteiger partial charge is 0.238 e. The molecule has 2 N–H and O–H groups in total. The third-order valence-corrected chi connectivity index (χ3v) is 3.60. The molecule has 2 atom stereocenters. The van der Waals surface area contributed by atoms with Gasteiger partial charge in [0.15, 0.2) is 0 Å². The van der Waals surface area contributed by atoms with Gasteiger partial charge in [-0.15, -0.1) is 0 Å². The summed E-state index contributed by atoms with van der Waals surface area (Å²) in [5.74, 6) is 0.687. The van der Waals surface area contributed by atoms with E-state index in [1.165, 1.54) is 25.7 Å². The Morgan fingerprint density at radius 1 is 1.33 bits per heavy atom. The molecule has 1 aliphatic rings. The molecule has 1 aromatic heterocycles. The van der Waals surface area contributed by atoms with Crippen molar-refractivity contribution >= 4 is 11.6 Å². The molecule has 1 amide bonds. The summed E-state index contributed by atoms with van der Waals surface area (Å²) < 4.78 is 0. The molecule has 0 spiro atoms. The molecule has 1 aliphatic carbocycles. The van der Waals surface area contributed by atoms with Crippen molar-refractivity contribution < 1.29 is 4.79 Å². The summed E-state index contributed by atoms with van der Waals surface area (Å²) in [5, 5.41) is 6.22. The summed E-state index contributed by atoms with van der Waals surface area (Å²) in [6, 6.07) is 4.07. The van der Waals surface area contributed by atoms with Crippen LogP contribution in [0.1, 0.15) is 32.6 Å². The molecule has 4 heteroatoms. The molecule has 0 saturated heterocycles. The third-order valence-electron chi connectivity index (χ3n) is 3.60. The Morgan fingerprint density at radius 3 is 2.78 bits per heavy atom. The van der Waals surface area contributed by atoms with E-state index in [4.69, 9.17) is 0 Å². The van der Waals surface area contributed by atoms with Crippen LogP contribution in [0.2, 0.25) is 0 Å². The average molecular weight is 247 g/mol. The number of amides is 1. The maximum absolute atomic E-state index is 11.8. The largest absolute Gasteiger partial charge is 0.325 e. The first-order chi connectivity index (χ1) is 8.75. The molecular formula is C14H21N3O. The summed E-state index contributed by atoms with van der Waals surface area (Å²) >= 11 is 0. The minimum atomic E-state index is 0.0129. The summed E-state index contributed by atoms with van der Waals surface area (Å²) in [6.07, 6.45) is 8.39. The van der Waals surface area contributed by atoms with Gasteiger partial charge in [-0.2, -0.15) is 0 Å². The van der Waals surface area contributed by atoms with Crippen LogP contribution in [-0.4, -0.2) is 23.5 Å². The van der Waals surface area contributed by atoms with Gasteiger partial charge in [0.05, 0.1) is 6.54 Å². The molecule has 0 aliphatic heterocycles. The van der Waals surface area contributed by atoms with E-state index >= 15 is 0 Å². The van der Waals surface area contributed by atoms with Crippen molar-refractivity contribution in [1.82, 2.24) is 10.3 Å². The highest BCUT2D eigenvalue weighted by Gasteiger charge is 2.21. The second-order valence-electron chi connectivity index (χ2n) is 5.03. The lowest BCUT2D eigenvalue weighted by Gasteiger charge is -2.29. The maximum Gasteiger partial charge on any atom is 0.238 e. The molecular weight excluding hydrogens is 226 g/mol. The van der Waals surface area contributed by atoms with E-state index in [9.17, 15) is 4.79 Å². The summed E-state index contributed by atoms with van der Waals surface area (Å²) in [6.45, 7) is 2.65. The molecule has 4 nitrogen and oxygen atoms in total. The van der Waals surface area contributed by atoms with Crippen LogP contribution in [0.15, 0.2) is 24.5 Å². The first-order valence-electron chi connectivity index (χ1n) is 6.69. The van der Waals surface area contributed by atoms with Crippen LogP contribution >= 0.6 is 0 Å². The number of aromatic nitrogens is 1. The second kappa shape index (κ2) is 6.50. The molecule has 98 valence electrons. The first kappa shape index (κ1) is 13.0. The Morgan fingerprint density at radius 2 is 2.06 bits per heavy atom. The van der Waals surface area contributed by atoms with Gasteiger partial charge in [0.2, 0.25) is 5.91 Å². The van der Waals surface area contributed by atoms with E-state index in [1.807, 2.05) is 0 Å². The molecule has 0 radical (unpaired) electrons. The summed E-state index contributed by atoms with van der Waals surface area (Å²) in [7, 11) is 0. The van der Waals surface area contributed by atoms with E-state index in [-0.39, 0.29) is 5.91 Å². The van der Waals surface area contributed by atoms with Gasteiger partial charge in [0.25, 0.3) is 0 Å². The minimum Gasteiger partial charge on any atom is -0.325 e. The van der Waals surface area contributed by atoms with Gasteiger partial charge >= 0.3 is 0 Å². The predicted octanol–water partition coefficient (Wildman–Crippen LogP) is 2.19. The van der Waals surface area contributed by atoms with Crippen LogP contribution in [0.5, 0.6) is 0 Å². The normalized spacial score (nSPS) is 23.6. The molecule has 2 unspecified atom stereocenters. The van der Waals surface area contributed by atoms with Crippen LogP contribution in [0.4, 0.5) is 5.69 Å². The molecule has 0 aromatic carbocycles. The van der Waals surface area contributed by atoms with Gasteiger partial charge < -0.3 is 10.6 Å². The fourth-order valence-corrected chi connectivity index (χ4v) is 2.48.